The van der Waals surface area contributed by atoms with E-state index in [9.17, 15) is 4.79 Å². The van der Waals surface area contributed by atoms with Crippen molar-refractivity contribution in [2.24, 2.45) is 0 Å². The van der Waals surface area contributed by atoms with Crippen molar-refractivity contribution in [2.75, 3.05) is 11.9 Å². The summed E-state index contributed by atoms with van der Waals surface area (Å²) in [5.41, 5.74) is 2.71. The van der Waals surface area contributed by atoms with Gasteiger partial charge in [0.15, 0.2) is 5.13 Å². The Labute approximate surface area is 190 Å². The van der Waals surface area contributed by atoms with Crippen molar-refractivity contribution in [3.63, 3.8) is 0 Å². The summed E-state index contributed by atoms with van der Waals surface area (Å²) >= 11 is 3.19. The smallest absolute Gasteiger partial charge is 0.247 e. The quantitative estimate of drug-likeness (QED) is 0.538. The molecule has 0 aromatic carbocycles. The molecule has 1 N–H and O–H groups in total. The van der Waals surface area contributed by atoms with Gasteiger partial charge in [0.05, 0.1) is 28.1 Å². The molecule has 1 amide bonds. The molecule has 0 saturated carbocycles. The lowest BCUT2D eigenvalue weighted by atomic mass is 9.98. The maximum Gasteiger partial charge on any atom is 0.247 e. The van der Waals surface area contributed by atoms with Crippen molar-refractivity contribution < 1.29 is 4.79 Å². The number of aryl methyl sites for hydroxylation is 4. The SMILES string of the molecule is Cc1nc(Nc2nc(C)c(C)s2)cc(C2CCCCN2C(=O)/C=C/c2csc(C)n2)n1. The summed E-state index contributed by atoms with van der Waals surface area (Å²) in [5.74, 6) is 1.38. The van der Waals surface area contributed by atoms with Crippen LogP contribution >= 0.6 is 22.7 Å². The van der Waals surface area contributed by atoms with E-state index in [2.05, 4.69) is 32.2 Å². The Morgan fingerprint density at radius 2 is 2.00 bits per heavy atom. The lowest BCUT2D eigenvalue weighted by Gasteiger charge is -2.35. The molecule has 1 aliphatic heterocycles. The predicted molar refractivity (Wildman–Crippen MR) is 126 cm³/mol. The minimum absolute atomic E-state index is 0.00713. The molecule has 3 aromatic rings. The summed E-state index contributed by atoms with van der Waals surface area (Å²) in [7, 11) is 0. The Morgan fingerprint density at radius 3 is 2.71 bits per heavy atom. The molecule has 7 nitrogen and oxygen atoms in total. The average molecular weight is 455 g/mol. The molecular formula is C22H26N6OS2. The van der Waals surface area contributed by atoms with E-state index in [4.69, 9.17) is 0 Å². The highest BCUT2D eigenvalue weighted by atomic mass is 32.1. The standard InChI is InChI=1S/C22H26N6OS2/c1-13-14(2)31-22(23-13)27-20-11-18(24-15(3)25-20)19-7-5-6-10-28(19)21(29)9-8-17-12-30-16(4)26-17/h8-9,11-12,19H,5-7,10H2,1-4H3,(H,23,24,25,27)/b9-8+. The molecule has 31 heavy (non-hydrogen) atoms. The number of nitrogens with one attached hydrogen (secondary N) is 1. The van der Waals surface area contributed by atoms with E-state index >= 15 is 0 Å². The Bertz CT molecular complexity index is 1100. The van der Waals surface area contributed by atoms with Crippen LogP contribution in [0.5, 0.6) is 0 Å². The van der Waals surface area contributed by atoms with Crippen LogP contribution in [-0.2, 0) is 4.79 Å². The first kappa shape index (κ1) is 21.6. The number of nitrogens with zero attached hydrogens (tertiary/aromatic N) is 5. The second-order valence-corrected chi connectivity index (χ2v) is 9.94. The fraction of sp³-hybridized carbons (Fsp3) is 0.409. The summed E-state index contributed by atoms with van der Waals surface area (Å²) in [6, 6.07) is 1.88. The number of anilines is 2. The number of hydrogen-bond acceptors (Lipinski definition) is 8. The van der Waals surface area contributed by atoms with Crippen LogP contribution in [0.1, 0.15) is 58.1 Å². The molecule has 1 saturated heterocycles. The molecule has 4 heterocycles. The van der Waals surface area contributed by atoms with Crippen molar-refractivity contribution in [3.8, 4) is 0 Å². The van der Waals surface area contributed by atoms with Crippen LogP contribution in [-0.4, -0.2) is 37.3 Å². The highest BCUT2D eigenvalue weighted by Crippen LogP contribution is 2.32. The van der Waals surface area contributed by atoms with Gasteiger partial charge in [0.1, 0.15) is 11.6 Å². The molecule has 1 unspecified atom stereocenters. The summed E-state index contributed by atoms with van der Waals surface area (Å²) in [4.78, 5) is 34.3. The summed E-state index contributed by atoms with van der Waals surface area (Å²) in [6.07, 6.45) is 6.38. The minimum atomic E-state index is -0.0647. The highest BCUT2D eigenvalue weighted by molar-refractivity contribution is 7.15. The lowest BCUT2D eigenvalue weighted by molar-refractivity contribution is -0.129. The first-order valence-electron chi connectivity index (χ1n) is 10.4. The number of rotatable bonds is 5. The zero-order valence-electron chi connectivity index (χ0n) is 18.2. The van der Waals surface area contributed by atoms with E-state index in [1.165, 1.54) is 4.88 Å². The molecule has 162 valence electrons. The number of likely N-dealkylation sites (tertiary alicyclic amines) is 1. The normalized spacial score (nSPS) is 16.8. The minimum Gasteiger partial charge on any atom is -0.331 e. The van der Waals surface area contributed by atoms with Gasteiger partial charge in [0.25, 0.3) is 0 Å². The van der Waals surface area contributed by atoms with E-state index in [1.54, 1.807) is 34.8 Å². The molecule has 1 fully saturated rings. The van der Waals surface area contributed by atoms with Gasteiger partial charge in [0.2, 0.25) is 5.91 Å². The van der Waals surface area contributed by atoms with Crippen LogP contribution in [0, 0.1) is 27.7 Å². The Morgan fingerprint density at radius 1 is 1.16 bits per heavy atom. The summed E-state index contributed by atoms with van der Waals surface area (Å²) < 4.78 is 0. The zero-order valence-corrected chi connectivity index (χ0v) is 19.8. The van der Waals surface area contributed by atoms with Gasteiger partial charge in [-0.3, -0.25) is 4.79 Å². The maximum atomic E-state index is 13.0. The van der Waals surface area contributed by atoms with Gasteiger partial charge in [-0.05, 0) is 53.0 Å². The second-order valence-electron chi connectivity index (χ2n) is 7.68. The van der Waals surface area contributed by atoms with E-state index in [0.29, 0.717) is 11.6 Å². The third-order valence-electron chi connectivity index (χ3n) is 5.28. The maximum absolute atomic E-state index is 13.0. The molecule has 0 bridgehead atoms. The van der Waals surface area contributed by atoms with Crippen LogP contribution in [0.3, 0.4) is 0 Å². The molecule has 0 spiro atoms. The van der Waals surface area contributed by atoms with Gasteiger partial charge < -0.3 is 10.2 Å². The van der Waals surface area contributed by atoms with E-state index in [0.717, 1.165) is 53.0 Å². The predicted octanol–water partition coefficient (Wildman–Crippen LogP) is 5.13. The van der Waals surface area contributed by atoms with E-state index < -0.39 is 0 Å². The molecule has 1 atom stereocenters. The lowest BCUT2D eigenvalue weighted by Crippen LogP contribution is -2.38. The van der Waals surface area contributed by atoms with E-state index in [-0.39, 0.29) is 11.9 Å². The summed E-state index contributed by atoms with van der Waals surface area (Å²) in [6.45, 7) is 8.62. The largest absolute Gasteiger partial charge is 0.331 e. The summed E-state index contributed by atoms with van der Waals surface area (Å²) in [5, 5.41) is 7.08. The third kappa shape index (κ3) is 5.16. The van der Waals surface area contributed by atoms with Gasteiger partial charge in [0, 0.05) is 28.9 Å². The number of carbonyl (C=O) groups is 1. The third-order valence-corrected chi connectivity index (χ3v) is 7.06. The topological polar surface area (TPSA) is 83.9 Å². The number of piperidine rings is 1. The molecular weight excluding hydrogens is 428 g/mol. The number of aromatic nitrogens is 4. The first-order chi connectivity index (χ1) is 14.9. The zero-order chi connectivity index (χ0) is 22.0. The van der Waals surface area contributed by atoms with Gasteiger partial charge in [-0.1, -0.05) is 0 Å². The number of carbonyl (C=O) groups excluding carboxylic acids is 1. The van der Waals surface area contributed by atoms with Gasteiger partial charge >= 0.3 is 0 Å². The van der Waals surface area contributed by atoms with E-state index in [1.807, 2.05) is 37.1 Å². The molecule has 1 aliphatic rings. The molecule has 0 radical (unpaired) electrons. The monoisotopic (exact) mass is 454 g/mol. The fourth-order valence-electron chi connectivity index (χ4n) is 3.67. The van der Waals surface area contributed by atoms with Crippen LogP contribution in [0.2, 0.25) is 0 Å². The van der Waals surface area contributed by atoms with Crippen LogP contribution in [0.25, 0.3) is 6.08 Å². The van der Waals surface area contributed by atoms with Crippen molar-refractivity contribution in [3.05, 3.63) is 50.3 Å². The Balaban J connectivity index is 1.56. The molecule has 3 aromatic heterocycles. The first-order valence-corrected chi connectivity index (χ1v) is 12.1. The second kappa shape index (κ2) is 9.23. The van der Waals surface area contributed by atoms with Gasteiger partial charge in [-0.15, -0.1) is 22.7 Å². The number of hydrogen-bond donors (Lipinski definition) is 1. The molecule has 9 heteroatoms. The molecule has 0 aliphatic carbocycles. The van der Waals surface area contributed by atoms with Crippen molar-refractivity contribution in [1.29, 1.82) is 0 Å². The van der Waals surface area contributed by atoms with Crippen LogP contribution in [0.4, 0.5) is 10.9 Å². The van der Waals surface area contributed by atoms with Crippen LogP contribution in [0.15, 0.2) is 17.5 Å². The van der Waals surface area contributed by atoms with Gasteiger partial charge in [-0.25, -0.2) is 19.9 Å². The van der Waals surface area contributed by atoms with Crippen molar-refractivity contribution >= 4 is 45.6 Å². The van der Waals surface area contributed by atoms with Gasteiger partial charge in [-0.2, -0.15) is 0 Å². The number of thiazole rings is 2. The fourth-order valence-corrected chi connectivity index (χ4v) is 5.08. The van der Waals surface area contributed by atoms with Crippen LogP contribution < -0.4 is 5.32 Å². The Hall–Kier alpha value is -2.65. The Kier molecular flexibility index (Phi) is 6.43. The molecule has 4 rings (SSSR count). The van der Waals surface area contributed by atoms with Crippen molar-refractivity contribution in [2.45, 2.75) is 53.0 Å². The average Bonchev–Trinajstić information content (AvgIpc) is 3.30. The number of amides is 1. The highest BCUT2D eigenvalue weighted by Gasteiger charge is 2.28. The van der Waals surface area contributed by atoms with Crippen molar-refractivity contribution in [1.82, 2.24) is 24.8 Å².